The standard InChI is InChI=1S/C23H26N6OS2/c1-15-13-31-23(26-15)22-21(16-4-5-17-18(12-16)32-14-25-17)27-19(28-22)6-7-20(30)24-8-11-29-9-2-3-10-29/h4-5,12-14H,2-3,6-11H2,1H3,(H,24,30)(H,27,28). The largest absolute Gasteiger partial charge is 0.355 e. The number of imidazole rings is 1. The summed E-state index contributed by atoms with van der Waals surface area (Å²) in [6, 6.07) is 6.21. The number of carbonyl (C=O) groups is 1. The third kappa shape index (κ3) is 4.74. The summed E-state index contributed by atoms with van der Waals surface area (Å²) in [5.41, 5.74) is 6.66. The minimum Gasteiger partial charge on any atom is -0.355 e. The zero-order valence-corrected chi connectivity index (χ0v) is 19.7. The lowest BCUT2D eigenvalue weighted by atomic mass is 10.1. The van der Waals surface area contributed by atoms with Crippen LogP contribution in [0.3, 0.4) is 0 Å². The predicted molar refractivity (Wildman–Crippen MR) is 130 cm³/mol. The number of fused-ring (bicyclic) bond motifs is 1. The number of aryl methyl sites for hydroxylation is 2. The summed E-state index contributed by atoms with van der Waals surface area (Å²) in [7, 11) is 0. The van der Waals surface area contributed by atoms with Crippen molar-refractivity contribution in [1.29, 1.82) is 0 Å². The molecule has 32 heavy (non-hydrogen) atoms. The molecule has 4 heterocycles. The van der Waals surface area contributed by atoms with Gasteiger partial charge in [0.25, 0.3) is 0 Å². The lowest BCUT2D eigenvalue weighted by molar-refractivity contribution is -0.121. The van der Waals surface area contributed by atoms with E-state index >= 15 is 0 Å². The highest BCUT2D eigenvalue weighted by Crippen LogP contribution is 2.34. The van der Waals surface area contributed by atoms with Gasteiger partial charge in [-0.05, 0) is 45.0 Å². The average Bonchev–Trinajstić information content (AvgIpc) is 3.58. The molecule has 0 bridgehead atoms. The SMILES string of the molecule is Cc1csc(-c2[nH]c(CCC(=O)NCCN3CCCC3)nc2-c2ccc3ncsc3c2)n1. The number of hydrogen-bond donors (Lipinski definition) is 2. The fourth-order valence-electron chi connectivity index (χ4n) is 4.06. The third-order valence-electron chi connectivity index (χ3n) is 5.73. The van der Waals surface area contributed by atoms with E-state index in [1.807, 2.05) is 23.9 Å². The van der Waals surface area contributed by atoms with Crippen molar-refractivity contribution in [2.75, 3.05) is 26.2 Å². The number of benzene rings is 1. The first-order valence-corrected chi connectivity index (χ1v) is 12.8. The Labute approximate surface area is 194 Å². The Kier molecular flexibility index (Phi) is 6.29. The van der Waals surface area contributed by atoms with Crippen molar-refractivity contribution in [3.63, 3.8) is 0 Å². The van der Waals surface area contributed by atoms with Crippen LogP contribution in [0.2, 0.25) is 0 Å². The molecule has 0 saturated carbocycles. The Hall–Kier alpha value is -2.62. The molecule has 3 aromatic heterocycles. The Bertz CT molecular complexity index is 1220. The van der Waals surface area contributed by atoms with Crippen LogP contribution in [0.4, 0.5) is 0 Å². The molecule has 1 aromatic carbocycles. The van der Waals surface area contributed by atoms with Gasteiger partial charge in [-0.2, -0.15) is 0 Å². The molecule has 1 amide bonds. The van der Waals surface area contributed by atoms with Crippen LogP contribution >= 0.6 is 22.7 Å². The van der Waals surface area contributed by atoms with Gasteiger partial charge in [0.2, 0.25) is 5.91 Å². The smallest absolute Gasteiger partial charge is 0.220 e. The number of thiazole rings is 2. The molecule has 0 unspecified atom stereocenters. The predicted octanol–water partition coefficient (Wildman–Crippen LogP) is 4.26. The zero-order chi connectivity index (χ0) is 21.9. The summed E-state index contributed by atoms with van der Waals surface area (Å²) in [6.45, 7) is 5.94. The number of rotatable bonds is 8. The van der Waals surface area contributed by atoms with E-state index < -0.39 is 0 Å². The van der Waals surface area contributed by atoms with Gasteiger partial charge in [0.15, 0.2) is 0 Å². The molecule has 9 heteroatoms. The number of aromatic amines is 1. The molecular weight excluding hydrogens is 440 g/mol. The van der Waals surface area contributed by atoms with Crippen molar-refractivity contribution in [3.8, 4) is 22.0 Å². The number of likely N-dealkylation sites (tertiary alicyclic amines) is 1. The maximum atomic E-state index is 12.4. The first-order chi connectivity index (χ1) is 15.7. The molecule has 1 saturated heterocycles. The number of nitrogens with one attached hydrogen (secondary N) is 2. The number of aromatic nitrogens is 4. The van der Waals surface area contributed by atoms with E-state index in [9.17, 15) is 4.79 Å². The summed E-state index contributed by atoms with van der Waals surface area (Å²) in [6.07, 6.45) is 3.52. The molecule has 4 aromatic rings. The highest BCUT2D eigenvalue weighted by atomic mass is 32.1. The van der Waals surface area contributed by atoms with Gasteiger partial charge in [0, 0.05) is 42.6 Å². The van der Waals surface area contributed by atoms with E-state index in [1.54, 1.807) is 22.7 Å². The number of nitrogens with zero attached hydrogens (tertiary/aromatic N) is 4. The molecule has 0 radical (unpaired) electrons. The number of H-pyrrole nitrogens is 1. The van der Waals surface area contributed by atoms with E-state index in [1.165, 1.54) is 12.8 Å². The summed E-state index contributed by atoms with van der Waals surface area (Å²) < 4.78 is 1.13. The summed E-state index contributed by atoms with van der Waals surface area (Å²) in [4.78, 5) is 32.1. The first-order valence-electron chi connectivity index (χ1n) is 11.0. The molecule has 5 rings (SSSR count). The number of carbonyl (C=O) groups excluding carboxylic acids is 1. The van der Waals surface area contributed by atoms with Crippen LogP contribution in [0.1, 0.15) is 30.8 Å². The normalized spacial score (nSPS) is 14.4. The van der Waals surface area contributed by atoms with Crippen molar-refractivity contribution in [3.05, 3.63) is 40.6 Å². The van der Waals surface area contributed by atoms with Crippen LogP contribution in [0, 0.1) is 6.92 Å². The molecule has 0 atom stereocenters. The lowest BCUT2D eigenvalue weighted by Crippen LogP contribution is -2.33. The van der Waals surface area contributed by atoms with Crippen molar-refractivity contribution >= 4 is 38.8 Å². The minimum absolute atomic E-state index is 0.0693. The highest BCUT2D eigenvalue weighted by Gasteiger charge is 2.18. The summed E-state index contributed by atoms with van der Waals surface area (Å²) >= 11 is 3.22. The van der Waals surface area contributed by atoms with Crippen LogP contribution < -0.4 is 5.32 Å². The highest BCUT2D eigenvalue weighted by molar-refractivity contribution is 7.16. The molecule has 166 valence electrons. The minimum atomic E-state index is 0.0693. The Morgan fingerprint density at radius 3 is 2.91 bits per heavy atom. The molecule has 0 spiro atoms. The zero-order valence-electron chi connectivity index (χ0n) is 18.1. The van der Waals surface area contributed by atoms with Gasteiger partial charge < -0.3 is 15.2 Å². The number of amides is 1. The van der Waals surface area contributed by atoms with Gasteiger partial charge in [-0.25, -0.2) is 15.0 Å². The van der Waals surface area contributed by atoms with E-state index in [0.29, 0.717) is 19.4 Å². The maximum Gasteiger partial charge on any atom is 0.220 e. The van der Waals surface area contributed by atoms with Crippen LogP contribution in [0.15, 0.2) is 29.1 Å². The Morgan fingerprint density at radius 2 is 2.09 bits per heavy atom. The van der Waals surface area contributed by atoms with Crippen molar-refractivity contribution in [2.24, 2.45) is 0 Å². The molecule has 1 aliphatic rings. The number of hydrogen-bond acceptors (Lipinski definition) is 7. The average molecular weight is 467 g/mol. The first kappa shape index (κ1) is 21.2. The van der Waals surface area contributed by atoms with E-state index in [-0.39, 0.29) is 5.91 Å². The Balaban J connectivity index is 1.31. The van der Waals surface area contributed by atoms with Gasteiger partial charge in [-0.15, -0.1) is 22.7 Å². The quantitative estimate of drug-likeness (QED) is 0.405. The fraction of sp³-hybridized carbons (Fsp3) is 0.391. The molecule has 7 nitrogen and oxygen atoms in total. The molecule has 2 N–H and O–H groups in total. The van der Waals surface area contributed by atoms with Crippen LogP contribution in [0.25, 0.3) is 32.2 Å². The van der Waals surface area contributed by atoms with Crippen LogP contribution in [-0.2, 0) is 11.2 Å². The van der Waals surface area contributed by atoms with E-state index in [0.717, 1.165) is 63.3 Å². The van der Waals surface area contributed by atoms with Gasteiger partial charge >= 0.3 is 0 Å². The van der Waals surface area contributed by atoms with Gasteiger partial charge in [-0.3, -0.25) is 4.79 Å². The summed E-state index contributed by atoms with van der Waals surface area (Å²) in [5, 5.41) is 6.00. The molecule has 0 aliphatic carbocycles. The second-order valence-electron chi connectivity index (χ2n) is 8.13. The summed E-state index contributed by atoms with van der Waals surface area (Å²) in [5.74, 6) is 0.877. The third-order valence-corrected chi connectivity index (χ3v) is 7.50. The van der Waals surface area contributed by atoms with Crippen molar-refractivity contribution in [1.82, 2.24) is 30.2 Å². The van der Waals surface area contributed by atoms with Crippen molar-refractivity contribution in [2.45, 2.75) is 32.6 Å². The fourth-order valence-corrected chi connectivity index (χ4v) is 5.57. The second kappa shape index (κ2) is 9.48. The van der Waals surface area contributed by atoms with Crippen molar-refractivity contribution < 1.29 is 4.79 Å². The Morgan fingerprint density at radius 1 is 1.22 bits per heavy atom. The molecule has 1 aliphatic heterocycles. The monoisotopic (exact) mass is 466 g/mol. The van der Waals surface area contributed by atoms with Crippen LogP contribution in [0.5, 0.6) is 0 Å². The van der Waals surface area contributed by atoms with Gasteiger partial charge in [-0.1, -0.05) is 6.07 Å². The van der Waals surface area contributed by atoms with Crippen LogP contribution in [-0.4, -0.2) is 56.9 Å². The van der Waals surface area contributed by atoms with E-state index in [2.05, 4.69) is 37.3 Å². The topological polar surface area (TPSA) is 86.8 Å². The van der Waals surface area contributed by atoms with E-state index in [4.69, 9.17) is 4.98 Å². The lowest BCUT2D eigenvalue weighted by Gasteiger charge is -2.14. The van der Waals surface area contributed by atoms with Gasteiger partial charge in [0.05, 0.1) is 21.4 Å². The van der Waals surface area contributed by atoms with Gasteiger partial charge in [0.1, 0.15) is 16.5 Å². The molecule has 1 fully saturated rings. The second-order valence-corrected chi connectivity index (χ2v) is 9.88. The maximum absolute atomic E-state index is 12.4. The molecular formula is C23H26N6OS2.